The van der Waals surface area contributed by atoms with Gasteiger partial charge in [-0.2, -0.15) is 0 Å². The Bertz CT molecular complexity index is 1080. The maximum atomic E-state index is 12.9. The summed E-state index contributed by atoms with van der Waals surface area (Å²) in [5.74, 6) is -0.618. The molecule has 1 saturated heterocycles. The van der Waals surface area contributed by atoms with Crippen LogP contribution in [0.15, 0.2) is 67.1 Å². The van der Waals surface area contributed by atoms with Gasteiger partial charge >= 0.3 is 6.03 Å². The molecular formula is C23H24ClN5O3. The van der Waals surface area contributed by atoms with Gasteiger partial charge in [0, 0.05) is 48.7 Å². The van der Waals surface area contributed by atoms with Gasteiger partial charge in [-0.3, -0.25) is 19.5 Å². The number of carbonyl (C=O) groups is 2. The summed E-state index contributed by atoms with van der Waals surface area (Å²) < 4.78 is 2.61. The molecule has 0 unspecified atom stereocenters. The lowest BCUT2D eigenvalue weighted by Crippen LogP contribution is -2.44. The Morgan fingerprint density at radius 1 is 1.12 bits per heavy atom. The monoisotopic (exact) mass is 453 g/mol. The minimum absolute atomic E-state index is 0.0568. The summed E-state index contributed by atoms with van der Waals surface area (Å²) in [5, 5.41) is 8.81. The quantitative estimate of drug-likeness (QED) is 0.349. The Hall–Kier alpha value is -3.20. The van der Waals surface area contributed by atoms with Crippen LogP contribution in [0, 0.1) is 0 Å². The van der Waals surface area contributed by atoms with Crippen molar-refractivity contribution in [2.45, 2.75) is 25.4 Å². The van der Waals surface area contributed by atoms with Crippen LogP contribution < -0.4 is 5.48 Å². The highest BCUT2D eigenvalue weighted by Gasteiger charge is 2.28. The molecule has 8 nitrogen and oxygen atoms in total. The van der Waals surface area contributed by atoms with Crippen LogP contribution in [0.2, 0.25) is 0 Å². The van der Waals surface area contributed by atoms with E-state index in [1.54, 1.807) is 35.9 Å². The van der Waals surface area contributed by atoms with Crippen molar-refractivity contribution < 1.29 is 14.8 Å². The number of aromatic nitrogens is 2. The molecule has 1 aliphatic rings. The largest absolute Gasteiger partial charge is 0.344 e. The van der Waals surface area contributed by atoms with E-state index in [9.17, 15) is 9.59 Å². The first-order valence-corrected chi connectivity index (χ1v) is 10.7. The molecule has 0 aliphatic carbocycles. The zero-order valence-electron chi connectivity index (χ0n) is 17.4. The molecule has 0 saturated carbocycles. The summed E-state index contributed by atoms with van der Waals surface area (Å²) in [7, 11) is 0. The van der Waals surface area contributed by atoms with Gasteiger partial charge in [-0.25, -0.2) is 19.7 Å². The molecule has 2 heterocycles. The predicted molar refractivity (Wildman–Crippen MR) is 120 cm³/mol. The zero-order chi connectivity index (χ0) is 22.5. The first-order valence-electron chi connectivity index (χ1n) is 10.4. The molecule has 0 bridgehead atoms. The van der Waals surface area contributed by atoms with Gasteiger partial charge in [-0.15, -0.1) is 0 Å². The molecule has 32 heavy (non-hydrogen) atoms. The molecule has 1 fully saturated rings. The Labute approximate surface area is 191 Å². The minimum atomic E-state index is -0.618. The molecule has 2 aromatic carbocycles. The summed E-state index contributed by atoms with van der Waals surface area (Å²) >= 11 is 6.43. The normalized spacial score (nSPS) is 14.8. The molecule has 166 valence electrons. The van der Waals surface area contributed by atoms with Gasteiger partial charge in [0.2, 0.25) is 0 Å². The third-order valence-electron chi connectivity index (χ3n) is 5.63. The van der Waals surface area contributed by atoms with Gasteiger partial charge in [0.05, 0.1) is 11.7 Å². The van der Waals surface area contributed by atoms with E-state index in [0.717, 1.165) is 32.5 Å². The lowest BCUT2D eigenvalue weighted by molar-refractivity contribution is 0.0706. The fraction of sp³-hybridized carbons (Fsp3) is 0.261. The number of nitrogens with zero attached hydrogens (tertiary/aromatic N) is 4. The van der Waals surface area contributed by atoms with Crippen molar-refractivity contribution in [3.8, 4) is 11.3 Å². The van der Waals surface area contributed by atoms with Crippen LogP contribution >= 0.6 is 11.8 Å². The number of imidazole rings is 1. The van der Waals surface area contributed by atoms with Crippen molar-refractivity contribution >= 4 is 23.7 Å². The van der Waals surface area contributed by atoms with Crippen LogP contribution in [0.3, 0.4) is 0 Å². The second-order valence-electron chi connectivity index (χ2n) is 7.77. The average molecular weight is 454 g/mol. The topological polar surface area (TPSA) is 90.7 Å². The van der Waals surface area contributed by atoms with Crippen molar-refractivity contribution in [2.24, 2.45) is 0 Å². The molecule has 2 N–H and O–H groups in total. The highest BCUT2D eigenvalue weighted by atomic mass is 35.5. The Kier molecular flexibility index (Phi) is 6.84. The summed E-state index contributed by atoms with van der Waals surface area (Å²) in [6, 6.07) is 16.5. The minimum Gasteiger partial charge on any atom is -0.299 e. The highest BCUT2D eigenvalue weighted by molar-refractivity contribution is 6.21. The summed E-state index contributed by atoms with van der Waals surface area (Å²) in [4.78, 5) is 31.2. The number of nitrogens with one attached hydrogen (secondary N) is 1. The van der Waals surface area contributed by atoms with Crippen LogP contribution in [-0.4, -0.2) is 55.1 Å². The molecule has 0 spiro atoms. The number of amides is 2. The summed E-state index contributed by atoms with van der Waals surface area (Å²) in [6.45, 7) is 2.62. The van der Waals surface area contributed by atoms with E-state index >= 15 is 0 Å². The Morgan fingerprint density at radius 2 is 1.88 bits per heavy atom. The molecule has 4 rings (SSSR count). The maximum Gasteiger partial charge on any atom is 0.344 e. The van der Waals surface area contributed by atoms with E-state index in [4.69, 9.17) is 17.0 Å². The molecule has 1 aliphatic heterocycles. The smallest absolute Gasteiger partial charge is 0.299 e. The number of hydrogen-bond acceptors (Lipinski definition) is 5. The van der Waals surface area contributed by atoms with E-state index in [1.165, 1.54) is 20.9 Å². The fourth-order valence-electron chi connectivity index (χ4n) is 3.87. The zero-order valence-corrected chi connectivity index (χ0v) is 18.2. The first-order chi connectivity index (χ1) is 15.5. The number of rotatable bonds is 5. The van der Waals surface area contributed by atoms with Crippen molar-refractivity contribution in [1.82, 2.24) is 24.4 Å². The van der Waals surface area contributed by atoms with E-state index in [-0.39, 0.29) is 17.6 Å². The van der Waals surface area contributed by atoms with Crippen LogP contribution in [0.4, 0.5) is 4.79 Å². The van der Waals surface area contributed by atoms with Gasteiger partial charge in [-0.05, 0) is 30.5 Å². The summed E-state index contributed by atoms with van der Waals surface area (Å²) in [6.07, 6.45) is 4.58. The molecular weight excluding hydrogens is 430 g/mol. The van der Waals surface area contributed by atoms with Crippen LogP contribution in [0.25, 0.3) is 11.3 Å². The third kappa shape index (κ3) is 4.99. The maximum absolute atomic E-state index is 12.9. The van der Waals surface area contributed by atoms with Crippen molar-refractivity contribution in [3.05, 3.63) is 78.2 Å². The molecule has 9 heteroatoms. The molecule has 2 amide bonds. The SMILES string of the molecule is O=C(NO)c1cccc(-c2cn(C(=O)N(Cl)C3CCN(Cc4ccccc4)CC3)cn2)c1. The second kappa shape index (κ2) is 9.95. The number of piperidine rings is 1. The third-order valence-corrected chi connectivity index (χ3v) is 6.06. The average Bonchev–Trinajstić information content (AvgIpc) is 3.34. The number of halogens is 1. The fourth-order valence-corrected chi connectivity index (χ4v) is 4.16. The molecule has 3 aromatic rings. The van der Waals surface area contributed by atoms with Gasteiger partial charge in [0.1, 0.15) is 6.33 Å². The van der Waals surface area contributed by atoms with Gasteiger partial charge in [0.15, 0.2) is 0 Å². The van der Waals surface area contributed by atoms with Crippen molar-refractivity contribution in [3.63, 3.8) is 0 Å². The first kappa shape index (κ1) is 22.0. The number of hydrogen-bond donors (Lipinski definition) is 2. The predicted octanol–water partition coefficient (Wildman–Crippen LogP) is 3.76. The van der Waals surface area contributed by atoms with Crippen LogP contribution in [0.1, 0.15) is 28.8 Å². The Morgan fingerprint density at radius 3 is 2.59 bits per heavy atom. The number of likely N-dealkylation sites (tertiary alicyclic amines) is 1. The van der Waals surface area contributed by atoms with E-state index in [2.05, 4.69) is 22.0 Å². The standard InChI is InChI=1S/C23H24ClN5O3/c24-29(20-9-11-27(12-10-20)14-17-5-2-1-3-6-17)23(31)28-15-21(25-16-28)18-7-4-8-19(13-18)22(30)26-32/h1-8,13,15-16,20,32H,9-12,14H2,(H,26,30). The van der Waals surface area contributed by atoms with Crippen molar-refractivity contribution in [1.29, 1.82) is 0 Å². The van der Waals surface area contributed by atoms with Gasteiger partial charge < -0.3 is 0 Å². The summed E-state index contributed by atoms with van der Waals surface area (Å²) in [5.41, 5.74) is 4.33. The lowest BCUT2D eigenvalue weighted by atomic mass is 10.0. The van der Waals surface area contributed by atoms with Gasteiger partial charge in [-0.1, -0.05) is 42.5 Å². The number of carbonyl (C=O) groups excluding carboxylic acids is 2. The second-order valence-corrected chi connectivity index (χ2v) is 8.14. The lowest BCUT2D eigenvalue weighted by Gasteiger charge is -2.35. The van der Waals surface area contributed by atoms with Crippen molar-refractivity contribution in [2.75, 3.05) is 13.1 Å². The van der Waals surface area contributed by atoms with Crippen LogP contribution in [0.5, 0.6) is 0 Å². The molecule has 1 aromatic heterocycles. The van der Waals surface area contributed by atoms with E-state index in [0.29, 0.717) is 11.3 Å². The number of hydroxylamine groups is 1. The van der Waals surface area contributed by atoms with Crippen LogP contribution in [-0.2, 0) is 6.54 Å². The van der Waals surface area contributed by atoms with E-state index < -0.39 is 5.91 Å². The van der Waals surface area contributed by atoms with E-state index in [1.807, 2.05) is 18.2 Å². The Balaban J connectivity index is 1.37. The molecule has 0 atom stereocenters. The highest BCUT2D eigenvalue weighted by Crippen LogP contribution is 2.23. The molecule has 0 radical (unpaired) electrons. The van der Waals surface area contributed by atoms with Gasteiger partial charge in [0.25, 0.3) is 5.91 Å². The number of benzene rings is 2.